The first-order valence-electron chi connectivity index (χ1n) is 17.5. The Balaban J connectivity index is 1.19. The van der Waals surface area contributed by atoms with Gasteiger partial charge in [0.05, 0.1) is 22.4 Å². The number of fused-ring (bicyclic) bond motifs is 9. The normalized spacial score (nSPS) is 11.7. The molecule has 0 fully saturated rings. The van der Waals surface area contributed by atoms with Crippen molar-refractivity contribution in [1.29, 1.82) is 0 Å². The molecular weight excluding hydrogens is 637 g/mol. The van der Waals surface area contributed by atoms with Crippen molar-refractivity contribution in [2.24, 2.45) is 14.1 Å². The highest BCUT2D eigenvalue weighted by atomic mass is 16.1. The maximum Gasteiger partial charge on any atom is 0.328 e. The Labute approximate surface area is 299 Å². The molecule has 246 valence electrons. The average Bonchev–Trinajstić information content (AvgIpc) is 3.43. The molecule has 0 amide bonds. The van der Waals surface area contributed by atoms with Gasteiger partial charge in [-0.1, -0.05) is 133 Å². The number of rotatable bonds is 4. The van der Waals surface area contributed by atoms with Gasteiger partial charge in [-0.3, -0.25) is 9.13 Å². The van der Waals surface area contributed by atoms with Crippen LogP contribution in [0.25, 0.3) is 99.2 Å². The average molecular weight is 669 g/mol. The summed E-state index contributed by atoms with van der Waals surface area (Å²) in [7, 11) is 3.63. The standard InChI is InChI=1S/C47H32N4O/c1-50-43-25-24-32(26-44(43)51(2)47(50)52)29-20-22-30(23-21-29)41-28-42(49-46(48-41)31-12-4-3-5-13-31)39-27-40-35-16-7-6-14-33(35)34-15-8-10-18-37(34)45(40)38-19-11-9-17-36(38)39/h3-28H,1-2H3. The fraction of sp³-hybridized carbons (Fsp3) is 0.0426. The molecule has 0 atom stereocenters. The van der Waals surface area contributed by atoms with Crippen LogP contribution >= 0.6 is 0 Å². The van der Waals surface area contributed by atoms with Crippen molar-refractivity contribution in [1.82, 2.24) is 19.1 Å². The number of aromatic nitrogens is 4. The summed E-state index contributed by atoms with van der Waals surface area (Å²) < 4.78 is 3.38. The first-order valence-corrected chi connectivity index (χ1v) is 17.5. The second-order valence-corrected chi connectivity index (χ2v) is 13.5. The van der Waals surface area contributed by atoms with Gasteiger partial charge in [-0.05, 0) is 78.5 Å². The van der Waals surface area contributed by atoms with Crippen LogP contribution in [0.15, 0.2) is 163 Å². The van der Waals surface area contributed by atoms with Gasteiger partial charge in [0.25, 0.3) is 0 Å². The van der Waals surface area contributed by atoms with Crippen LogP contribution in [0.3, 0.4) is 0 Å². The molecule has 0 aliphatic rings. The first-order chi connectivity index (χ1) is 25.5. The van der Waals surface area contributed by atoms with Crippen molar-refractivity contribution < 1.29 is 0 Å². The summed E-state index contributed by atoms with van der Waals surface area (Å²) in [6.07, 6.45) is 0. The van der Waals surface area contributed by atoms with E-state index in [4.69, 9.17) is 9.97 Å². The largest absolute Gasteiger partial charge is 0.328 e. The number of nitrogens with zero attached hydrogens (tertiary/aromatic N) is 4. The van der Waals surface area contributed by atoms with Crippen molar-refractivity contribution in [3.63, 3.8) is 0 Å². The van der Waals surface area contributed by atoms with E-state index in [1.165, 1.54) is 37.7 Å². The highest BCUT2D eigenvalue weighted by Gasteiger charge is 2.18. The molecule has 0 radical (unpaired) electrons. The summed E-state index contributed by atoms with van der Waals surface area (Å²) in [4.78, 5) is 23.0. The van der Waals surface area contributed by atoms with E-state index in [1.807, 2.05) is 38.4 Å². The number of hydrogen-bond acceptors (Lipinski definition) is 3. The van der Waals surface area contributed by atoms with Gasteiger partial charge in [0.1, 0.15) is 0 Å². The smallest absolute Gasteiger partial charge is 0.295 e. The topological polar surface area (TPSA) is 52.7 Å². The van der Waals surface area contributed by atoms with Crippen LogP contribution in [0, 0.1) is 0 Å². The zero-order valence-electron chi connectivity index (χ0n) is 28.7. The molecular formula is C47H32N4O. The lowest BCUT2D eigenvalue weighted by molar-refractivity contribution is 0.795. The lowest BCUT2D eigenvalue weighted by Gasteiger charge is -2.16. The number of hydrogen-bond donors (Lipinski definition) is 0. The van der Waals surface area contributed by atoms with Crippen molar-refractivity contribution in [3.05, 3.63) is 168 Å². The summed E-state index contributed by atoms with van der Waals surface area (Å²) in [6.45, 7) is 0. The van der Waals surface area contributed by atoms with E-state index >= 15 is 0 Å². The van der Waals surface area contributed by atoms with E-state index in [1.54, 1.807) is 9.13 Å². The van der Waals surface area contributed by atoms with E-state index in [0.717, 1.165) is 55.6 Å². The van der Waals surface area contributed by atoms with Crippen LogP contribution in [0.2, 0.25) is 0 Å². The molecule has 2 aromatic heterocycles. The van der Waals surface area contributed by atoms with Crippen LogP contribution in [-0.2, 0) is 14.1 Å². The van der Waals surface area contributed by atoms with E-state index in [9.17, 15) is 4.79 Å². The van der Waals surface area contributed by atoms with Gasteiger partial charge >= 0.3 is 5.69 Å². The third-order valence-electron chi connectivity index (χ3n) is 10.6. The highest BCUT2D eigenvalue weighted by molar-refractivity contribution is 6.33. The SMILES string of the molecule is Cn1c(=O)n(C)c2cc(-c3ccc(-c4cc(-c5cc6c7ccccc7c7ccccc7c6c6ccccc56)nc(-c5ccccc5)n4)cc3)ccc21. The predicted molar refractivity (Wildman–Crippen MR) is 216 cm³/mol. The number of benzene rings is 8. The number of imidazole rings is 1. The Kier molecular flexibility index (Phi) is 6.70. The molecule has 0 spiro atoms. The van der Waals surface area contributed by atoms with Crippen LogP contribution in [0.4, 0.5) is 0 Å². The van der Waals surface area contributed by atoms with Crippen LogP contribution in [-0.4, -0.2) is 19.1 Å². The monoisotopic (exact) mass is 668 g/mol. The molecule has 5 nitrogen and oxygen atoms in total. The molecule has 8 aromatic carbocycles. The lowest BCUT2D eigenvalue weighted by Crippen LogP contribution is -2.19. The summed E-state index contributed by atoms with van der Waals surface area (Å²) in [5, 5.41) is 9.81. The maximum absolute atomic E-state index is 12.6. The number of aryl methyl sites for hydroxylation is 2. The summed E-state index contributed by atoms with van der Waals surface area (Å²) in [6, 6.07) is 55.5. The van der Waals surface area contributed by atoms with Crippen LogP contribution in [0.5, 0.6) is 0 Å². The summed E-state index contributed by atoms with van der Waals surface area (Å²) in [5.74, 6) is 0.681. The van der Waals surface area contributed by atoms with Crippen LogP contribution in [0.1, 0.15) is 0 Å². The van der Waals surface area contributed by atoms with Crippen molar-refractivity contribution in [2.75, 3.05) is 0 Å². The molecule has 10 rings (SSSR count). The van der Waals surface area contributed by atoms with Crippen molar-refractivity contribution >= 4 is 54.1 Å². The fourth-order valence-corrected chi connectivity index (χ4v) is 7.95. The zero-order chi connectivity index (χ0) is 34.9. The molecule has 10 aromatic rings. The first kappa shape index (κ1) is 30.0. The lowest BCUT2D eigenvalue weighted by atomic mass is 9.88. The van der Waals surface area contributed by atoms with Crippen molar-refractivity contribution in [3.8, 4) is 45.0 Å². The van der Waals surface area contributed by atoms with Crippen molar-refractivity contribution in [2.45, 2.75) is 0 Å². The third-order valence-corrected chi connectivity index (χ3v) is 10.6. The minimum Gasteiger partial charge on any atom is -0.295 e. The van der Waals surface area contributed by atoms with E-state index < -0.39 is 0 Å². The minimum absolute atomic E-state index is 0.0305. The summed E-state index contributed by atoms with van der Waals surface area (Å²) >= 11 is 0. The third kappa shape index (κ3) is 4.60. The molecule has 0 aliphatic heterocycles. The van der Waals surface area contributed by atoms with Gasteiger partial charge in [0, 0.05) is 30.8 Å². The van der Waals surface area contributed by atoms with E-state index in [-0.39, 0.29) is 5.69 Å². The molecule has 5 heteroatoms. The summed E-state index contributed by atoms with van der Waals surface area (Å²) in [5.41, 5.74) is 8.67. The highest BCUT2D eigenvalue weighted by Crippen LogP contribution is 2.43. The molecule has 52 heavy (non-hydrogen) atoms. The van der Waals surface area contributed by atoms with Gasteiger partial charge in [-0.2, -0.15) is 0 Å². The fourth-order valence-electron chi connectivity index (χ4n) is 7.95. The van der Waals surface area contributed by atoms with Gasteiger partial charge < -0.3 is 0 Å². The Morgan fingerprint density at radius 1 is 0.404 bits per heavy atom. The second kappa shape index (κ2) is 11.6. The maximum atomic E-state index is 12.6. The van der Waals surface area contributed by atoms with E-state index in [0.29, 0.717) is 5.82 Å². The molecule has 0 saturated heterocycles. The van der Waals surface area contributed by atoms with Gasteiger partial charge in [0.2, 0.25) is 0 Å². The molecule has 0 saturated carbocycles. The van der Waals surface area contributed by atoms with Gasteiger partial charge in [-0.25, -0.2) is 14.8 Å². The molecule has 2 heterocycles. The second-order valence-electron chi connectivity index (χ2n) is 13.5. The Bertz CT molecular complexity index is 3100. The zero-order valence-corrected chi connectivity index (χ0v) is 28.7. The minimum atomic E-state index is -0.0305. The molecule has 0 N–H and O–H groups in total. The molecule has 0 aliphatic carbocycles. The Hall–Kier alpha value is -6.85. The van der Waals surface area contributed by atoms with Gasteiger partial charge in [0.15, 0.2) is 5.82 Å². The van der Waals surface area contributed by atoms with Crippen LogP contribution < -0.4 is 5.69 Å². The Morgan fingerprint density at radius 2 is 0.923 bits per heavy atom. The molecule has 0 unspecified atom stereocenters. The van der Waals surface area contributed by atoms with Gasteiger partial charge in [-0.15, -0.1) is 0 Å². The van der Waals surface area contributed by atoms with E-state index in [2.05, 4.69) is 133 Å². The quantitative estimate of drug-likeness (QED) is 0.175. The predicted octanol–water partition coefficient (Wildman–Crippen LogP) is 10.9. The Morgan fingerprint density at radius 3 is 1.63 bits per heavy atom. The molecule has 0 bridgehead atoms.